The summed E-state index contributed by atoms with van der Waals surface area (Å²) in [6.45, 7) is 7.43. The number of hydrogen-bond acceptors (Lipinski definition) is 2. The second kappa shape index (κ2) is 4.65. The van der Waals surface area contributed by atoms with Gasteiger partial charge < -0.3 is 9.64 Å². The summed E-state index contributed by atoms with van der Waals surface area (Å²) in [4.78, 5) is 13.3. The van der Waals surface area contributed by atoms with Gasteiger partial charge in [-0.15, -0.1) is 0 Å². The van der Waals surface area contributed by atoms with Crippen LogP contribution in [0, 0.1) is 13.8 Å². The van der Waals surface area contributed by atoms with Gasteiger partial charge in [0.2, 0.25) is 5.91 Å². The van der Waals surface area contributed by atoms with Crippen molar-refractivity contribution in [3.05, 3.63) is 34.9 Å². The van der Waals surface area contributed by atoms with Crippen molar-refractivity contribution < 1.29 is 9.53 Å². The predicted octanol–water partition coefficient (Wildman–Crippen LogP) is 3.09. The molecule has 0 unspecified atom stereocenters. The van der Waals surface area contributed by atoms with E-state index in [2.05, 4.69) is 38.1 Å². The Kier molecular flexibility index (Phi) is 3.08. The minimum absolute atomic E-state index is 0.159. The predicted molar refractivity (Wildman–Crippen MR) is 79.8 cm³/mol. The van der Waals surface area contributed by atoms with Crippen LogP contribution in [0.1, 0.15) is 36.5 Å². The molecule has 0 saturated carbocycles. The van der Waals surface area contributed by atoms with Crippen molar-refractivity contribution in [1.82, 2.24) is 4.90 Å². The van der Waals surface area contributed by atoms with Crippen LogP contribution in [-0.4, -0.2) is 29.5 Å². The first kappa shape index (κ1) is 13.2. The third-order valence-corrected chi connectivity index (χ3v) is 4.56. The van der Waals surface area contributed by atoms with Gasteiger partial charge in [-0.3, -0.25) is 4.79 Å². The number of hydrogen-bond donors (Lipinski definition) is 0. The van der Waals surface area contributed by atoms with Crippen molar-refractivity contribution >= 4 is 12.0 Å². The number of carbonyl (C=O) groups excluding carboxylic acids is 1. The third-order valence-electron chi connectivity index (χ3n) is 4.56. The molecule has 1 aromatic rings. The Morgan fingerprint density at radius 1 is 1.20 bits per heavy atom. The molecule has 1 aromatic carbocycles. The van der Waals surface area contributed by atoms with E-state index in [0.29, 0.717) is 0 Å². The van der Waals surface area contributed by atoms with Gasteiger partial charge in [-0.05, 0) is 43.2 Å². The first-order valence-electron chi connectivity index (χ1n) is 7.24. The van der Waals surface area contributed by atoms with E-state index >= 15 is 0 Å². The summed E-state index contributed by atoms with van der Waals surface area (Å²) in [6, 6.07) is 4.31. The van der Waals surface area contributed by atoms with Crippen molar-refractivity contribution in [1.29, 1.82) is 0 Å². The lowest BCUT2D eigenvalue weighted by atomic mass is 9.87. The number of nitrogens with zero attached hydrogens (tertiary/aromatic N) is 1. The number of carbonyl (C=O) groups is 1. The molecular formula is C17H21NO2. The number of fused-ring (bicyclic) bond motifs is 1. The highest BCUT2D eigenvalue weighted by Crippen LogP contribution is 2.38. The summed E-state index contributed by atoms with van der Waals surface area (Å²) < 4.78 is 6.30. The van der Waals surface area contributed by atoms with Crippen LogP contribution in [-0.2, 0) is 4.79 Å². The summed E-state index contributed by atoms with van der Waals surface area (Å²) in [5.41, 5.74) is 3.49. The second-order valence-electron chi connectivity index (χ2n) is 5.98. The Morgan fingerprint density at radius 3 is 2.50 bits per heavy atom. The molecule has 0 aliphatic carbocycles. The number of amides is 1. The third kappa shape index (κ3) is 2.21. The van der Waals surface area contributed by atoms with Crippen LogP contribution >= 0.6 is 0 Å². The van der Waals surface area contributed by atoms with E-state index in [1.54, 1.807) is 6.92 Å². The van der Waals surface area contributed by atoms with E-state index in [1.807, 2.05) is 4.90 Å². The van der Waals surface area contributed by atoms with Crippen LogP contribution in [0.2, 0.25) is 0 Å². The molecule has 3 nitrogen and oxygen atoms in total. The van der Waals surface area contributed by atoms with Crippen molar-refractivity contribution in [2.75, 3.05) is 13.1 Å². The molecule has 2 heterocycles. The van der Waals surface area contributed by atoms with Gasteiger partial charge >= 0.3 is 0 Å². The van der Waals surface area contributed by atoms with E-state index in [9.17, 15) is 4.79 Å². The summed E-state index contributed by atoms with van der Waals surface area (Å²) in [5.74, 6) is 1.14. The number of rotatable bonds is 0. The quantitative estimate of drug-likeness (QED) is 0.725. The minimum atomic E-state index is -0.222. The van der Waals surface area contributed by atoms with E-state index in [-0.39, 0.29) is 11.5 Å². The zero-order valence-corrected chi connectivity index (χ0v) is 12.4. The van der Waals surface area contributed by atoms with Gasteiger partial charge in [0.15, 0.2) is 0 Å². The topological polar surface area (TPSA) is 29.5 Å². The fraction of sp³-hybridized carbons (Fsp3) is 0.471. The zero-order chi connectivity index (χ0) is 14.3. The molecule has 1 fully saturated rings. The van der Waals surface area contributed by atoms with Gasteiger partial charge in [0.05, 0.1) is 0 Å². The lowest BCUT2D eigenvalue weighted by Gasteiger charge is -2.41. The van der Waals surface area contributed by atoms with Gasteiger partial charge in [0.25, 0.3) is 0 Å². The summed E-state index contributed by atoms with van der Waals surface area (Å²) >= 11 is 0. The number of ether oxygens (including phenoxy) is 1. The van der Waals surface area contributed by atoms with E-state index in [4.69, 9.17) is 4.74 Å². The number of likely N-dealkylation sites (tertiary alicyclic amines) is 1. The zero-order valence-electron chi connectivity index (χ0n) is 12.4. The van der Waals surface area contributed by atoms with Crippen LogP contribution in [0.4, 0.5) is 0 Å². The van der Waals surface area contributed by atoms with Crippen LogP contribution in [0.15, 0.2) is 18.2 Å². The maximum Gasteiger partial charge on any atom is 0.219 e. The monoisotopic (exact) mass is 271 g/mol. The molecule has 0 aromatic heterocycles. The Morgan fingerprint density at radius 2 is 1.85 bits per heavy atom. The SMILES string of the molecule is CC(=O)N1CCC2(C=Cc3cc(C)c(C)cc3O2)CC1. The molecule has 3 rings (SSSR count). The van der Waals surface area contributed by atoms with Gasteiger partial charge in [0, 0.05) is 38.4 Å². The molecule has 1 spiro atoms. The Bertz CT molecular complexity index is 581. The fourth-order valence-corrected chi connectivity index (χ4v) is 2.99. The van der Waals surface area contributed by atoms with Crippen LogP contribution < -0.4 is 4.74 Å². The highest BCUT2D eigenvalue weighted by molar-refractivity contribution is 5.73. The summed E-state index contributed by atoms with van der Waals surface area (Å²) in [7, 11) is 0. The maximum atomic E-state index is 11.4. The van der Waals surface area contributed by atoms with E-state index in [0.717, 1.165) is 37.2 Å². The first-order chi connectivity index (χ1) is 9.49. The molecule has 0 N–H and O–H groups in total. The number of benzene rings is 1. The number of aryl methyl sites for hydroxylation is 2. The summed E-state index contributed by atoms with van der Waals surface area (Å²) in [5, 5.41) is 0. The normalized spacial score (nSPS) is 19.6. The molecule has 1 amide bonds. The van der Waals surface area contributed by atoms with Crippen molar-refractivity contribution in [2.24, 2.45) is 0 Å². The van der Waals surface area contributed by atoms with Gasteiger partial charge in [0.1, 0.15) is 11.4 Å². The van der Waals surface area contributed by atoms with E-state index in [1.165, 1.54) is 11.1 Å². The molecule has 1 saturated heterocycles. The van der Waals surface area contributed by atoms with Crippen molar-refractivity contribution in [2.45, 2.75) is 39.2 Å². The molecule has 3 heteroatoms. The van der Waals surface area contributed by atoms with Gasteiger partial charge in [-0.25, -0.2) is 0 Å². The smallest absolute Gasteiger partial charge is 0.219 e. The van der Waals surface area contributed by atoms with Gasteiger partial charge in [-0.2, -0.15) is 0 Å². The molecule has 0 radical (unpaired) electrons. The number of piperidine rings is 1. The largest absolute Gasteiger partial charge is 0.482 e. The Hall–Kier alpha value is -1.77. The molecule has 0 atom stereocenters. The standard InChI is InChI=1S/C17H21NO2/c1-12-10-15-4-5-17(20-16(15)11-13(12)2)6-8-18(9-7-17)14(3)19/h4-5,10-11H,6-9H2,1-3H3. The highest BCUT2D eigenvalue weighted by Gasteiger charge is 2.37. The van der Waals surface area contributed by atoms with Crippen LogP contribution in [0.3, 0.4) is 0 Å². The fourth-order valence-electron chi connectivity index (χ4n) is 2.99. The Balaban J connectivity index is 1.83. The van der Waals surface area contributed by atoms with Crippen molar-refractivity contribution in [3.63, 3.8) is 0 Å². The molecule has 20 heavy (non-hydrogen) atoms. The van der Waals surface area contributed by atoms with Gasteiger partial charge in [-0.1, -0.05) is 6.08 Å². The molecule has 2 aliphatic rings. The molecule has 106 valence electrons. The average molecular weight is 271 g/mol. The van der Waals surface area contributed by atoms with Crippen molar-refractivity contribution in [3.8, 4) is 5.75 Å². The Labute approximate surface area is 120 Å². The van der Waals surface area contributed by atoms with Crippen LogP contribution in [0.5, 0.6) is 5.75 Å². The molecule has 2 aliphatic heterocycles. The summed E-state index contributed by atoms with van der Waals surface area (Å²) in [6.07, 6.45) is 6.10. The lowest BCUT2D eigenvalue weighted by Crippen LogP contribution is -2.48. The average Bonchev–Trinajstić information content (AvgIpc) is 2.41. The molecule has 0 bridgehead atoms. The highest BCUT2D eigenvalue weighted by atomic mass is 16.5. The van der Waals surface area contributed by atoms with Crippen LogP contribution in [0.25, 0.3) is 6.08 Å². The minimum Gasteiger partial charge on any atom is -0.482 e. The maximum absolute atomic E-state index is 11.4. The molecular weight excluding hydrogens is 250 g/mol. The van der Waals surface area contributed by atoms with E-state index < -0.39 is 0 Å². The first-order valence-corrected chi connectivity index (χ1v) is 7.24. The lowest BCUT2D eigenvalue weighted by molar-refractivity contribution is -0.131. The second-order valence-corrected chi connectivity index (χ2v) is 5.98.